The topological polar surface area (TPSA) is 54.2 Å². The lowest BCUT2D eigenvalue weighted by atomic mass is 9.83. The van der Waals surface area contributed by atoms with Crippen molar-refractivity contribution in [2.75, 3.05) is 14.1 Å². The fourth-order valence-corrected chi connectivity index (χ4v) is 3.25. The van der Waals surface area contributed by atoms with Crippen LogP contribution in [0.15, 0.2) is 24.5 Å². The lowest BCUT2D eigenvalue weighted by Gasteiger charge is -2.43. The Labute approximate surface area is 110 Å². The molecule has 18 heavy (non-hydrogen) atoms. The Morgan fingerprint density at radius 1 is 1.44 bits per heavy atom. The van der Waals surface area contributed by atoms with Crippen LogP contribution in [0.3, 0.4) is 0 Å². The minimum Gasteiger partial charge on any atom is -0.302 e. The van der Waals surface area contributed by atoms with Gasteiger partial charge in [-0.2, -0.15) is 0 Å². The Morgan fingerprint density at radius 3 is 2.67 bits per heavy atom. The smallest absolute Gasteiger partial charge is 0.0435 e. The standard InChI is InChI=1S/C14H24N4/c1-18(2)14(7-3-4-8-14)13(17-15)10-12-6-5-9-16-11-12/h5-6,9,11,13,17H,3-4,7-8,10,15H2,1-2H3. The van der Waals surface area contributed by atoms with E-state index in [1.165, 1.54) is 31.2 Å². The number of aromatic nitrogens is 1. The van der Waals surface area contributed by atoms with Gasteiger partial charge >= 0.3 is 0 Å². The van der Waals surface area contributed by atoms with E-state index in [0.29, 0.717) is 0 Å². The van der Waals surface area contributed by atoms with Crippen molar-refractivity contribution in [3.05, 3.63) is 30.1 Å². The minimum absolute atomic E-state index is 0.185. The predicted molar refractivity (Wildman–Crippen MR) is 73.9 cm³/mol. The summed E-state index contributed by atoms with van der Waals surface area (Å²) in [5, 5.41) is 0. The Morgan fingerprint density at radius 2 is 2.17 bits per heavy atom. The highest BCUT2D eigenvalue weighted by Gasteiger charge is 2.42. The lowest BCUT2D eigenvalue weighted by Crippen LogP contribution is -2.60. The van der Waals surface area contributed by atoms with E-state index in [0.717, 1.165) is 6.42 Å². The van der Waals surface area contributed by atoms with E-state index in [9.17, 15) is 0 Å². The predicted octanol–water partition coefficient (Wildman–Crippen LogP) is 1.33. The van der Waals surface area contributed by atoms with Gasteiger partial charge in [0, 0.05) is 24.0 Å². The van der Waals surface area contributed by atoms with Gasteiger partial charge in [-0.05, 0) is 45.0 Å². The molecule has 0 bridgehead atoms. The average molecular weight is 248 g/mol. The van der Waals surface area contributed by atoms with Crippen LogP contribution in [-0.2, 0) is 6.42 Å². The first kappa shape index (κ1) is 13.5. The summed E-state index contributed by atoms with van der Waals surface area (Å²) in [6, 6.07) is 4.38. The Balaban J connectivity index is 2.16. The number of likely N-dealkylation sites (N-methyl/N-ethyl adjacent to an activating group) is 1. The molecule has 0 saturated heterocycles. The van der Waals surface area contributed by atoms with Crippen LogP contribution in [0.1, 0.15) is 31.2 Å². The van der Waals surface area contributed by atoms with Crippen molar-refractivity contribution < 1.29 is 0 Å². The SMILES string of the molecule is CN(C)C1(C(Cc2cccnc2)NN)CCCC1. The number of pyridine rings is 1. The molecule has 1 aromatic rings. The molecule has 0 radical (unpaired) electrons. The molecule has 1 aromatic heterocycles. The first-order chi connectivity index (χ1) is 8.69. The van der Waals surface area contributed by atoms with Gasteiger partial charge in [-0.25, -0.2) is 0 Å². The van der Waals surface area contributed by atoms with Crippen LogP contribution < -0.4 is 11.3 Å². The van der Waals surface area contributed by atoms with Gasteiger partial charge in [-0.15, -0.1) is 0 Å². The number of nitrogens with zero attached hydrogens (tertiary/aromatic N) is 2. The van der Waals surface area contributed by atoms with Crippen molar-refractivity contribution in [3.8, 4) is 0 Å². The second-order valence-electron chi connectivity index (χ2n) is 5.49. The molecule has 3 N–H and O–H groups in total. The largest absolute Gasteiger partial charge is 0.302 e. The van der Waals surface area contributed by atoms with Crippen molar-refractivity contribution >= 4 is 0 Å². The van der Waals surface area contributed by atoms with Gasteiger partial charge in [-0.3, -0.25) is 16.3 Å². The minimum atomic E-state index is 0.185. The average Bonchev–Trinajstić information content (AvgIpc) is 2.87. The maximum absolute atomic E-state index is 5.83. The van der Waals surface area contributed by atoms with Crippen LogP contribution in [0.2, 0.25) is 0 Å². The highest BCUT2D eigenvalue weighted by molar-refractivity contribution is 5.14. The van der Waals surface area contributed by atoms with Gasteiger partial charge in [0.05, 0.1) is 0 Å². The summed E-state index contributed by atoms with van der Waals surface area (Å²) < 4.78 is 0. The van der Waals surface area contributed by atoms with E-state index in [2.05, 4.69) is 35.5 Å². The molecule has 1 fully saturated rings. The zero-order valence-corrected chi connectivity index (χ0v) is 11.4. The van der Waals surface area contributed by atoms with Gasteiger partial charge in [0.1, 0.15) is 0 Å². The number of nitrogens with two attached hydrogens (primary N) is 1. The summed E-state index contributed by atoms with van der Waals surface area (Å²) in [4.78, 5) is 6.53. The first-order valence-electron chi connectivity index (χ1n) is 6.71. The molecule has 0 spiro atoms. The maximum atomic E-state index is 5.83. The normalized spacial score (nSPS) is 20.2. The third-order valence-corrected chi connectivity index (χ3v) is 4.37. The highest BCUT2D eigenvalue weighted by Crippen LogP contribution is 2.37. The molecule has 1 aliphatic carbocycles. The molecule has 4 nitrogen and oxygen atoms in total. The monoisotopic (exact) mass is 248 g/mol. The fraction of sp³-hybridized carbons (Fsp3) is 0.643. The summed E-state index contributed by atoms with van der Waals surface area (Å²) in [6.45, 7) is 0. The zero-order valence-electron chi connectivity index (χ0n) is 11.4. The van der Waals surface area contributed by atoms with Gasteiger partial charge < -0.3 is 4.90 Å². The van der Waals surface area contributed by atoms with Crippen LogP contribution in [-0.4, -0.2) is 35.6 Å². The molecule has 1 atom stereocenters. The van der Waals surface area contributed by atoms with E-state index in [4.69, 9.17) is 5.84 Å². The molecule has 0 aromatic carbocycles. The van der Waals surface area contributed by atoms with Crippen LogP contribution in [0, 0.1) is 0 Å². The number of hydrogen-bond donors (Lipinski definition) is 2. The maximum Gasteiger partial charge on any atom is 0.0435 e. The molecule has 100 valence electrons. The van der Waals surface area contributed by atoms with Crippen LogP contribution in [0.25, 0.3) is 0 Å². The summed E-state index contributed by atoms with van der Waals surface area (Å²) in [5.74, 6) is 5.83. The van der Waals surface area contributed by atoms with E-state index in [1.54, 1.807) is 0 Å². The van der Waals surface area contributed by atoms with Gasteiger partial charge in [-0.1, -0.05) is 18.9 Å². The summed E-state index contributed by atoms with van der Waals surface area (Å²) in [7, 11) is 4.33. The number of nitrogens with one attached hydrogen (secondary N) is 1. The molecule has 4 heteroatoms. The molecule has 2 rings (SSSR count). The number of rotatable bonds is 5. The van der Waals surface area contributed by atoms with Crippen LogP contribution in [0.4, 0.5) is 0 Å². The van der Waals surface area contributed by atoms with Crippen molar-refractivity contribution in [1.29, 1.82) is 0 Å². The Kier molecular flexibility index (Phi) is 4.32. The molecular formula is C14H24N4. The summed E-state index contributed by atoms with van der Waals surface area (Å²) in [5.41, 5.74) is 4.47. The van der Waals surface area contributed by atoms with E-state index < -0.39 is 0 Å². The van der Waals surface area contributed by atoms with Crippen LogP contribution >= 0.6 is 0 Å². The Hall–Kier alpha value is -0.970. The van der Waals surface area contributed by atoms with Crippen molar-refractivity contribution in [2.45, 2.75) is 43.7 Å². The number of hydrogen-bond acceptors (Lipinski definition) is 4. The molecule has 1 heterocycles. The van der Waals surface area contributed by atoms with Crippen molar-refractivity contribution in [3.63, 3.8) is 0 Å². The lowest BCUT2D eigenvalue weighted by molar-refractivity contribution is 0.104. The van der Waals surface area contributed by atoms with E-state index >= 15 is 0 Å². The second-order valence-corrected chi connectivity index (χ2v) is 5.49. The fourth-order valence-electron chi connectivity index (χ4n) is 3.25. The third kappa shape index (κ3) is 2.55. The molecule has 0 amide bonds. The van der Waals surface area contributed by atoms with Gasteiger partial charge in [0.2, 0.25) is 0 Å². The highest BCUT2D eigenvalue weighted by atomic mass is 15.3. The van der Waals surface area contributed by atoms with E-state index in [1.807, 2.05) is 18.5 Å². The molecular weight excluding hydrogens is 224 g/mol. The Bertz CT molecular complexity index is 357. The zero-order chi connectivity index (χ0) is 13.0. The molecule has 1 unspecified atom stereocenters. The molecule has 0 aliphatic heterocycles. The van der Waals surface area contributed by atoms with Crippen molar-refractivity contribution in [2.24, 2.45) is 5.84 Å². The first-order valence-corrected chi connectivity index (χ1v) is 6.71. The molecule has 1 saturated carbocycles. The summed E-state index contributed by atoms with van der Waals surface area (Å²) in [6.07, 6.45) is 9.70. The van der Waals surface area contributed by atoms with Crippen LogP contribution in [0.5, 0.6) is 0 Å². The number of hydrazine groups is 1. The van der Waals surface area contributed by atoms with Crippen molar-refractivity contribution in [1.82, 2.24) is 15.3 Å². The van der Waals surface area contributed by atoms with Gasteiger partial charge in [0.15, 0.2) is 0 Å². The quantitative estimate of drug-likeness (QED) is 0.610. The third-order valence-electron chi connectivity index (χ3n) is 4.37. The summed E-state index contributed by atoms with van der Waals surface area (Å²) >= 11 is 0. The second kappa shape index (κ2) is 5.78. The van der Waals surface area contributed by atoms with E-state index in [-0.39, 0.29) is 11.6 Å². The molecule has 1 aliphatic rings. The van der Waals surface area contributed by atoms with Gasteiger partial charge in [0.25, 0.3) is 0 Å².